The van der Waals surface area contributed by atoms with Crippen LogP contribution in [0.4, 0.5) is 0 Å². The zero-order valence-corrected chi connectivity index (χ0v) is 15.7. The Hall–Kier alpha value is -2.47. The molecule has 2 aromatic carbocycles. The van der Waals surface area contributed by atoms with Crippen LogP contribution in [-0.4, -0.2) is 30.0 Å². The van der Waals surface area contributed by atoms with Crippen LogP contribution in [0.1, 0.15) is 22.3 Å². The fourth-order valence-corrected chi connectivity index (χ4v) is 3.73. The van der Waals surface area contributed by atoms with Crippen LogP contribution < -0.4 is 16.6 Å². The van der Waals surface area contributed by atoms with Crippen molar-refractivity contribution in [2.75, 3.05) is 19.6 Å². The van der Waals surface area contributed by atoms with Crippen LogP contribution in [0.25, 0.3) is 22.0 Å². The SMILES string of the molecule is Cl.NCCNCCCn1c2c(c3ccccc3c1=O)C(=O)c1ccccc1-2. The van der Waals surface area contributed by atoms with Gasteiger partial charge in [-0.15, -0.1) is 12.4 Å². The number of nitrogens with one attached hydrogen (secondary N) is 1. The third-order valence-corrected chi connectivity index (χ3v) is 4.89. The number of fused-ring (bicyclic) bond motifs is 5. The molecule has 27 heavy (non-hydrogen) atoms. The van der Waals surface area contributed by atoms with Gasteiger partial charge < -0.3 is 15.6 Å². The number of carbonyl (C=O) groups excluding carboxylic acids is 1. The average Bonchev–Trinajstić information content (AvgIpc) is 2.97. The number of aromatic nitrogens is 1. The molecule has 1 aromatic heterocycles. The number of nitrogens with zero attached hydrogens (tertiary/aromatic N) is 1. The van der Waals surface area contributed by atoms with Gasteiger partial charge in [-0.3, -0.25) is 9.59 Å². The molecule has 0 atom stereocenters. The molecular weight excluding hydrogens is 362 g/mol. The van der Waals surface area contributed by atoms with Gasteiger partial charge in [0.1, 0.15) is 0 Å². The zero-order valence-electron chi connectivity index (χ0n) is 14.9. The molecule has 0 fully saturated rings. The van der Waals surface area contributed by atoms with Crippen LogP contribution in [0.5, 0.6) is 0 Å². The normalized spacial score (nSPS) is 12.0. The van der Waals surface area contributed by atoms with Crippen LogP contribution >= 0.6 is 12.4 Å². The number of rotatable bonds is 6. The Morgan fingerprint density at radius 2 is 1.56 bits per heavy atom. The minimum atomic E-state index is -0.0392. The van der Waals surface area contributed by atoms with E-state index in [1.165, 1.54) is 0 Å². The van der Waals surface area contributed by atoms with Gasteiger partial charge in [0.05, 0.1) is 11.3 Å². The Morgan fingerprint density at radius 1 is 0.889 bits per heavy atom. The third-order valence-electron chi connectivity index (χ3n) is 4.89. The molecule has 0 bridgehead atoms. The van der Waals surface area contributed by atoms with Crippen molar-refractivity contribution < 1.29 is 4.79 Å². The number of benzene rings is 2. The maximum Gasteiger partial charge on any atom is 0.258 e. The molecule has 0 saturated carbocycles. The first-order valence-corrected chi connectivity index (χ1v) is 8.94. The van der Waals surface area contributed by atoms with E-state index < -0.39 is 0 Å². The number of ketones is 1. The second-order valence-corrected chi connectivity index (χ2v) is 6.49. The lowest BCUT2D eigenvalue weighted by Gasteiger charge is -2.15. The molecule has 140 valence electrons. The van der Waals surface area contributed by atoms with Gasteiger partial charge in [-0.2, -0.15) is 0 Å². The fraction of sp³-hybridized carbons (Fsp3) is 0.238. The molecule has 1 heterocycles. The van der Waals surface area contributed by atoms with Gasteiger partial charge >= 0.3 is 0 Å². The first-order valence-electron chi connectivity index (χ1n) is 8.94. The smallest absolute Gasteiger partial charge is 0.258 e. The molecule has 0 amide bonds. The highest BCUT2D eigenvalue weighted by atomic mass is 35.5. The van der Waals surface area contributed by atoms with Crippen molar-refractivity contribution >= 4 is 29.0 Å². The Kier molecular flexibility index (Phi) is 5.75. The predicted molar refractivity (Wildman–Crippen MR) is 111 cm³/mol. The summed E-state index contributed by atoms with van der Waals surface area (Å²) >= 11 is 0. The highest BCUT2D eigenvalue weighted by Gasteiger charge is 2.31. The van der Waals surface area contributed by atoms with Crippen LogP contribution in [0.3, 0.4) is 0 Å². The van der Waals surface area contributed by atoms with E-state index in [0.717, 1.165) is 36.2 Å². The summed E-state index contributed by atoms with van der Waals surface area (Å²) in [5.74, 6) is 0.00167. The van der Waals surface area contributed by atoms with Gasteiger partial charge in [0.15, 0.2) is 5.78 Å². The first-order chi connectivity index (χ1) is 12.7. The molecule has 1 aliphatic rings. The summed E-state index contributed by atoms with van der Waals surface area (Å²) in [5.41, 5.74) is 8.39. The fourth-order valence-electron chi connectivity index (χ4n) is 3.73. The van der Waals surface area contributed by atoms with Crippen molar-refractivity contribution in [3.63, 3.8) is 0 Å². The van der Waals surface area contributed by atoms with Crippen LogP contribution in [0.2, 0.25) is 0 Å². The molecule has 0 saturated heterocycles. The van der Waals surface area contributed by atoms with Gasteiger partial charge in [0.25, 0.3) is 5.56 Å². The summed E-state index contributed by atoms with van der Waals surface area (Å²) in [6, 6.07) is 14.9. The quantitative estimate of drug-likeness (QED) is 0.502. The van der Waals surface area contributed by atoms with E-state index in [9.17, 15) is 9.59 Å². The van der Waals surface area contributed by atoms with Crippen molar-refractivity contribution in [3.8, 4) is 11.3 Å². The van der Waals surface area contributed by atoms with Crippen molar-refractivity contribution in [3.05, 3.63) is 70.0 Å². The highest BCUT2D eigenvalue weighted by Crippen LogP contribution is 2.39. The predicted octanol–water partition coefficient (Wildman–Crippen LogP) is 2.57. The summed E-state index contributed by atoms with van der Waals surface area (Å²) in [6.07, 6.45) is 0.793. The van der Waals surface area contributed by atoms with E-state index >= 15 is 0 Å². The Morgan fingerprint density at radius 3 is 2.30 bits per heavy atom. The monoisotopic (exact) mass is 383 g/mol. The van der Waals surface area contributed by atoms with E-state index in [-0.39, 0.29) is 23.7 Å². The second kappa shape index (κ2) is 8.05. The van der Waals surface area contributed by atoms with Crippen molar-refractivity contribution in [1.29, 1.82) is 0 Å². The number of hydrogen-bond donors (Lipinski definition) is 2. The van der Waals surface area contributed by atoms with Crippen molar-refractivity contribution in [2.24, 2.45) is 5.73 Å². The Labute approximate surface area is 163 Å². The molecule has 0 unspecified atom stereocenters. The van der Waals surface area contributed by atoms with E-state index in [1.54, 1.807) is 10.6 Å². The van der Waals surface area contributed by atoms with Gasteiger partial charge in [-0.25, -0.2) is 0 Å². The molecule has 3 aromatic rings. The highest BCUT2D eigenvalue weighted by molar-refractivity contribution is 6.26. The van der Waals surface area contributed by atoms with Crippen molar-refractivity contribution in [1.82, 2.24) is 9.88 Å². The zero-order chi connectivity index (χ0) is 18.1. The Balaban J connectivity index is 0.00000210. The number of carbonyl (C=O) groups is 1. The molecule has 4 rings (SSSR count). The second-order valence-electron chi connectivity index (χ2n) is 6.49. The van der Waals surface area contributed by atoms with Gasteiger partial charge in [0, 0.05) is 41.5 Å². The summed E-state index contributed by atoms with van der Waals surface area (Å²) in [7, 11) is 0. The standard InChI is InChI=1S/C21H21N3O2.ClH/c22-10-12-23-11-5-13-24-19-15-7-2-3-8-16(15)20(25)18(19)14-6-1-4-9-17(14)21(24)26;/h1-4,6-9,23H,5,10-13,22H2;1H. The van der Waals surface area contributed by atoms with Gasteiger partial charge in [-0.05, 0) is 19.0 Å². The van der Waals surface area contributed by atoms with Crippen LogP contribution in [-0.2, 0) is 6.54 Å². The summed E-state index contributed by atoms with van der Waals surface area (Å²) < 4.78 is 1.77. The molecule has 3 N–H and O–H groups in total. The van der Waals surface area contributed by atoms with E-state index in [1.807, 2.05) is 42.5 Å². The van der Waals surface area contributed by atoms with Crippen LogP contribution in [0.15, 0.2) is 53.3 Å². The average molecular weight is 384 g/mol. The van der Waals surface area contributed by atoms with E-state index in [4.69, 9.17) is 5.73 Å². The molecule has 0 radical (unpaired) electrons. The largest absolute Gasteiger partial charge is 0.329 e. The molecular formula is C21H22ClN3O2. The minimum Gasteiger partial charge on any atom is -0.329 e. The summed E-state index contributed by atoms with van der Waals surface area (Å²) in [6.45, 7) is 2.69. The van der Waals surface area contributed by atoms with Gasteiger partial charge in [-0.1, -0.05) is 42.5 Å². The number of hydrogen-bond acceptors (Lipinski definition) is 4. The maximum atomic E-state index is 13.1. The maximum absolute atomic E-state index is 13.1. The topological polar surface area (TPSA) is 77.1 Å². The molecule has 6 heteroatoms. The van der Waals surface area contributed by atoms with Gasteiger partial charge in [0.2, 0.25) is 0 Å². The summed E-state index contributed by atoms with van der Waals surface area (Å²) in [4.78, 5) is 26.2. The number of pyridine rings is 1. The first kappa shape index (κ1) is 19.3. The van der Waals surface area contributed by atoms with E-state index in [0.29, 0.717) is 29.6 Å². The number of halogens is 1. The lowest BCUT2D eigenvalue weighted by molar-refractivity contribution is 0.104. The molecule has 0 spiro atoms. The lowest BCUT2D eigenvalue weighted by Crippen LogP contribution is -2.27. The lowest BCUT2D eigenvalue weighted by atomic mass is 10.0. The molecule has 0 aliphatic heterocycles. The van der Waals surface area contributed by atoms with E-state index in [2.05, 4.69) is 5.32 Å². The summed E-state index contributed by atoms with van der Waals surface area (Å²) in [5, 5.41) is 4.59. The van der Waals surface area contributed by atoms with Crippen LogP contribution in [0, 0.1) is 0 Å². The number of nitrogens with two attached hydrogens (primary N) is 1. The van der Waals surface area contributed by atoms with Crippen molar-refractivity contribution in [2.45, 2.75) is 13.0 Å². The molecule has 5 nitrogen and oxygen atoms in total. The molecule has 1 aliphatic carbocycles. The third kappa shape index (κ3) is 3.18. The minimum absolute atomic E-state index is 0. The Bertz CT molecular complexity index is 1060.